The normalized spacial score (nSPS) is 13.7. The van der Waals surface area contributed by atoms with Gasteiger partial charge in [0.2, 0.25) is 0 Å². The first-order chi connectivity index (χ1) is 20.7. The van der Waals surface area contributed by atoms with Gasteiger partial charge in [0.25, 0.3) is 0 Å². The van der Waals surface area contributed by atoms with E-state index in [0.29, 0.717) is 5.92 Å². The summed E-state index contributed by atoms with van der Waals surface area (Å²) < 4.78 is 0. The topological polar surface area (TPSA) is 50.2 Å². The monoisotopic (exact) mass is 783 g/mol. The van der Waals surface area contributed by atoms with Crippen LogP contribution in [-0.2, 0) is 37.7 Å². The Morgan fingerprint density at radius 2 is 1.62 bits per heavy atom. The summed E-state index contributed by atoms with van der Waals surface area (Å²) in [6.07, 6.45) is 9.97. The molecule has 1 radical (unpaired) electrons. The standard InChI is InChI=1S/C28H28N.C13H24O2.Ir/c1-17(2)25-16-21-11-12-29-28(22-14-18(3)13-19(4)15-22)26(21)24-10-9-20-7-5-6-8-23(20)27(24)25;1-7-12(3,4)10(14)9-11(15)13(5,6)8-2;/h9-14,16-17H,5-8H2,1-4H3;9,14H,7-8H2,1-6H3;/q-1;;/b;10-9-;. The third-order valence-electron chi connectivity index (χ3n) is 9.81. The van der Waals surface area contributed by atoms with Gasteiger partial charge in [-0.15, -0.1) is 34.9 Å². The van der Waals surface area contributed by atoms with Gasteiger partial charge in [0.1, 0.15) is 5.76 Å². The van der Waals surface area contributed by atoms with Gasteiger partial charge in [0, 0.05) is 43.2 Å². The number of carbonyl (C=O) groups is 1. The minimum atomic E-state index is -0.377. The predicted octanol–water partition coefficient (Wildman–Crippen LogP) is 11.3. The Hall–Kier alpha value is -2.81. The fraction of sp³-hybridized carbons (Fsp3) is 0.463. The second-order valence-electron chi connectivity index (χ2n) is 14.3. The Morgan fingerprint density at radius 3 is 2.24 bits per heavy atom. The van der Waals surface area contributed by atoms with Crippen LogP contribution in [0.3, 0.4) is 0 Å². The fourth-order valence-electron chi connectivity index (χ4n) is 6.04. The molecule has 0 amide bonds. The van der Waals surface area contributed by atoms with Gasteiger partial charge in [-0.3, -0.25) is 4.79 Å². The van der Waals surface area contributed by atoms with E-state index in [1.807, 2.05) is 47.7 Å². The van der Waals surface area contributed by atoms with Crippen molar-refractivity contribution in [3.63, 3.8) is 0 Å². The number of nitrogens with zero attached hydrogens (tertiary/aromatic N) is 1. The molecule has 0 fully saturated rings. The number of hydrogen-bond acceptors (Lipinski definition) is 3. The van der Waals surface area contributed by atoms with Crippen LogP contribution < -0.4 is 0 Å². The molecule has 1 heterocycles. The van der Waals surface area contributed by atoms with Gasteiger partial charge >= 0.3 is 0 Å². The third kappa shape index (κ3) is 7.95. The van der Waals surface area contributed by atoms with Crippen LogP contribution in [0, 0.1) is 30.7 Å². The van der Waals surface area contributed by atoms with Crippen LogP contribution in [0.1, 0.15) is 115 Å². The number of carbonyl (C=O) groups excluding carboxylic acids is 1. The van der Waals surface area contributed by atoms with Crippen molar-refractivity contribution in [3.05, 3.63) is 88.3 Å². The second-order valence-corrected chi connectivity index (χ2v) is 14.3. The summed E-state index contributed by atoms with van der Waals surface area (Å²) in [6, 6.07) is 17.3. The van der Waals surface area contributed by atoms with Crippen LogP contribution in [0.15, 0.2) is 54.4 Å². The van der Waals surface area contributed by atoms with Crippen molar-refractivity contribution in [2.45, 2.75) is 114 Å². The molecule has 0 saturated carbocycles. The Kier molecular flexibility index (Phi) is 12.0. The molecule has 4 aromatic rings. The molecule has 3 aromatic carbocycles. The van der Waals surface area contributed by atoms with Gasteiger partial charge in [-0.2, -0.15) is 0 Å². The summed E-state index contributed by atoms with van der Waals surface area (Å²) >= 11 is 0. The van der Waals surface area contributed by atoms with Gasteiger partial charge < -0.3 is 10.1 Å². The maximum absolute atomic E-state index is 11.8. The molecule has 1 aliphatic carbocycles. The summed E-state index contributed by atoms with van der Waals surface area (Å²) in [7, 11) is 0. The van der Waals surface area contributed by atoms with Crippen molar-refractivity contribution in [1.29, 1.82) is 0 Å². The second kappa shape index (κ2) is 14.7. The molecule has 1 N–H and O–H groups in total. The number of ketones is 1. The smallest absolute Gasteiger partial charge is 0.164 e. The Labute approximate surface area is 285 Å². The zero-order valence-corrected chi connectivity index (χ0v) is 31.5. The van der Waals surface area contributed by atoms with E-state index in [4.69, 9.17) is 4.98 Å². The molecule has 0 atom stereocenters. The fourth-order valence-corrected chi connectivity index (χ4v) is 6.04. The van der Waals surface area contributed by atoms with Crippen LogP contribution in [0.5, 0.6) is 0 Å². The molecule has 0 aliphatic heterocycles. The quantitative estimate of drug-likeness (QED) is 0.0879. The number of rotatable bonds is 7. The Balaban J connectivity index is 0.000000297. The molecule has 1 aliphatic rings. The van der Waals surface area contributed by atoms with Crippen molar-refractivity contribution in [2.24, 2.45) is 10.8 Å². The summed E-state index contributed by atoms with van der Waals surface area (Å²) in [4.78, 5) is 16.7. The van der Waals surface area contributed by atoms with Crippen molar-refractivity contribution in [2.75, 3.05) is 0 Å². The Bertz CT molecular complexity index is 1690. The number of allylic oxidation sites excluding steroid dienone is 2. The number of fused-ring (bicyclic) bond motifs is 5. The third-order valence-corrected chi connectivity index (χ3v) is 9.81. The number of pyridine rings is 1. The van der Waals surface area contributed by atoms with E-state index in [-0.39, 0.29) is 42.5 Å². The zero-order chi connectivity index (χ0) is 32.4. The number of aliphatic hydroxyl groups is 1. The Morgan fingerprint density at radius 1 is 0.956 bits per heavy atom. The van der Waals surface area contributed by atoms with E-state index >= 15 is 0 Å². The minimum Gasteiger partial charge on any atom is -0.512 e. The number of aliphatic hydroxyl groups excluding tert-OH is 1. The summed E-state index contributed by atoms with van der Waals surface area (Å²) in [5, 5.41) is 15.3. The largest absolute Gasteiger partial charge is 0.512 e. The molecular weight excluding hydrogens is 731 g/mol. The molecule has 3 nitrogen and oxygen atoms in total. The average molecular weight is 783 g/mol. The molecule has 1 aromatic heterocycles. The van der Waals surface area contributed by atoms with Crippen molar-refractivity contribution in [1.82, 2.24) is 4.98 Å². The maximum Gasteiger partial charge on any atom is 0.164 e. The van der Waals surface area contributed by atoms with Gasteiger partial charge in [-0.1, -0.05) is 87.4 Å². The first kappa shape index (κ1) is 36.7. The number of benzene rings is 3. The van der Waals surface area contributed by atoms with Crippen LogP contribution in [0.25, 0.3) is 32.8 Å². The van der Waals surface area contributed by atoms with Gasteiger partial charge in [-0.05, 0) is 94.4 Å². The summed E-state index contributed by atoms with van der Waals surface area (Å²) in [6.45, 7) is 20.6. The van der Waals surface area contributed by atoms with Crippen molar-refractivity contribution in [3.8, 4) is 11.3 Å². The van der Waals surface area contributed by atoms with Gasteiger partial charge in [0.15, 0.2) is 5.78 Å². The first-order valence-electron chi connectivity index (χ1n) is 16.5. The van der Waals surface area contributed by atoms with Crippen molar-refractivity contribution < 1.29 is 30.0 Å². The molecule has 5 rings (SSSR count). The van der Waals surface area contributed by atoms with Gasteiger partial charge in [0.05, 0.1) is 0 Å². The average Bonchev–Trinajstić information content (AvgIpc) is 2.99. The number of aryl methyl sites for hydroxylation is 4. The van der Waals surface area contributed by atoms with E-state index in [9.17, 15) is 9.90 Å². The van der Waals surface area contributed by atoms with Crippen LogP contribution >= 0.6 is 0 Å². The van der Waals surface area contributed by atoms with E-state index < -0.39 is 0 Å². The molecule has 243 valence electrons. The van der Waals surface area contributed by atoms with E-state index in [0.717, 1.165) is 24.1 Å². The molecule has 0 unspecified atom stereocenters. The molecular formula is C41H52IrNO2-. The van der Waals surface area contributed by atoms with Crippen molar-refractivity contribution >= 4 is 27.3 Å². The maximum atomic E-state index is 11.8. The van der Waals surface area contributed by atoms with E-state index in [1.54, 1.807) is 11.1 Å². The number of aromatic nitrogens is 1. The zero-order valence-electron chi connectivity index (χ0n) is 29.1. The molecule has 0 bridgehead atoms. The minimum absolute atomic E-state index is 0. The summed E-state index contributed by atoms with van der Waals surface area (Å²) in [5.41, 5.74) is 8.52. The van der Waals surface area contributed by atoms with E-state index in [2.05, 4.69) is 70.2 Å². The molecule has 0 spiro atoms. The van der Waals surface area contributed by atoms with Crippen LogP contribution in [0.4, 0.5) is 0 Å². The number of hydrogen-bond donors (Lipinski definition) is 1. The molecule has 45 heavy (non-hydrogen) atoms. The predicted molar refractivity (Wildman–Crippen MR) is 188 cm³/mol. The first-order valence-corrected chi connectivity index (χ1v) is 16.5. The summed E-state index contributed by atoms with van der Waals surface area (Å²) in [5.74, 6) is 0.695. The SMILES string of the molecule is CCC(C)(C)C(=O)/C=C(\O)C(C)(C)CC.Cc1[c-]c(-c2nccc3cc(C(C)C)c4c5c(ccc4c23)CCCC5)cc(C)c1.[Ir]. The van der Waals surface area contributed by atoms with Gasteiger partial charge in [-0.25, -0.2) is 0 Å². The molecule has 0 saturated heterocycles. The van der Waals surface area contributed by atoms with E-state index in [1.165, 1.54) is 70.0 Å². The van der Waals surface area contributed by atoms with Crippen LogP contribution in [-0.4, -0.2) is 15.9 Å². The van der Waals surface area contributed by atoms with Crippen LogP contribution in [0.2, 0.25) is 0 Å². The molecule has 4 heteroatoms.